The molecular weight excluding hydrogens is 331 g/mol. The second-order valence-corrected chi connectivity index (χ2v) is 6.65. The summed E-state index contributed by atoms with van der Waals surface area (Å²) < 4.78 is 17.4. The molecule has 0 aliphatic rings. The Morgan fingerprint density at radius 2 is 1.79 bits per heavy atom. The Bertz CT molecular complexity index is 1020. The molecule has 0 radical (unpaired) electrons. The average Bonchev–Trinajstić information content (AvgIpc) is 2.92. The number of aryl methyl sites for hydroxylation is 1. The highest BCUT2D eigenvalue weighted by Gasteiger charge is 2.19. The molecule has 3 aromatic rings. The van der Waals surface area contributed by atoms with Crippen LogP contribution in [0.2, 0.25) is 0 Å². The monoisotopic (exact) mass is 348 g/mol. The molecule has 3 rings (SSSR count). The van der Waals surface area contributed by atoms with E-state index in [1.165, 1.54) is 35.5 Å². The van der Waals surface area contributed by atoms with Crippen molar-refractivity contribution >= 4 is 22.9 Å². The molecule has 8 heteroatoms. The summed E-state index contributed by atoms with van der Waals surface area (Å²) in [4.78, 5) is 29.2. The average molecular weight is 348 g/mol. The summed E-state index contributed by atoms with van der Waals surface area (Å²) in [6.07, 6.45) is 0. The second kappa shape index (κ2) is 6.27. The fraction of sp³-hybridized carbons (Fsp3) is 0.312. The summed E-state index contributed by atoms with van der Waals surface area (Å²) in [5, 5.41) is 0.662. The van der Waals surface area contributed by atoms with Gasteiger partial charge in [-0.2, -0.15) is 0 Å². The molecule has 1 aromatic carbocycles. The lowest BCUT2D eigenvalue weighted by atomic mass is 10.2. The number of benzene rings is 1. The lowest BCUT2D eigenvalue weighted by molar-refractivity contribution is 0.625. The van der Waals surface area contributed by atoms with Crippen LogP contribution >= 0.6 is 11.8 Å². The van der Waals surface area contributed by atoms with Crippen LogP contribution in [0.1, 0.15) is 12.5 Å². The third-order valence-corrected chi connectivity index (χ3v) is 4.70. The van der Waals surface area contributed by atoms with Crippen LogP contribution in [0.15, 0.2) is 39.0 Å². The molecule has 6 nitrogen and oxygen atoms in total. The summed E-state index contributed by atoms with van der Waals surface area (Å²) >= 11 is 1.49. The zero-order valence-corrected chi connectivity index (χ0v) is 14.4. The van der Waals surface area contributed by atoms with Gasteiger partial charge in [-0.15, -0.1) is 0 Å². The van der Waals surface area contributed by atoms with Crippen LogP contribution in [-0.4, -0.2) is 24.4 Å². The Kier molecular flexibility index (Phi) is 4.31. The molecule has 0 bridgehead atoms. The van der Waals surface area contributed by atoms with Crippen LogP contribution in [0.25, 0.3) is 11.2 Å². The Labute approximate surface area is 141 Å². The van der Waals surface area contributed by atoms with Gasteiger partial charge in [0.25, 0.3) is 5.56 Å². The molecule has 0 saturated carbocycles. The molecule has 0 unspecified atom stereocenters. The maximum absolute atomic E-state index is 13.1. The molecular formula is C16H17FN4O2S. The van der Waals surface area contributed by atoms with Gasteiger partial charge in [0.15, 0.2) is 16.3 Å². The Hall–Kier alpha value is -2.35. The SMILES string of the molecule is CCSc1nc2c(c(=O)n(C)c(=O)n2C)n1Cc1ccc(F)cc1. The fourth-order valence-corrected chi connectivity index (χ4v) is 3.31. The van der Waals surface area contributed by atoms with Crippen LogP contribution in [0, 0.1) is 5.82 Å². The van der Waals surface area contributed by atoms with Crippen molar-refractivity contribution in [3.63, 3.8) is 0 Å². The summed E-state index contributed by atoms with van der Waals surface area (Å²) in [6.45, 7) is 2.37. The van der Waals surface area contributed by atoms with Crippen molar-refractivity contribution in [3.05, 3.63) is 56.5 Å². The van der Waals surface area contributed by atoms with Crippen LogP contribution in [0.4, 0.5) is 4.39 Å². The first-order valence-corrected chi connectivity index (χ1v) is 8.46. The van der Waals surface area contributed by atoms with Gasteiger partial charge in [-0.3, -0.25) is 13.9 Å². The van der Waals surface area contributed by atoms with Gasteiger partial charge in [0.1, 0.15) is 5.82 Å². The number of aromatic nitrogens is 4. The van der Waals surface area contributed by atoms with Gasteiger partial charge in [-0.25, -0.2) is 14.2 Å². The molecule has 2 aromatic heterocycles. The standard InChI is InChI=1S/C16H17FN4O2S/c1-4-24-15-18-13-12(14(22)20(3)16(23)19(13)2)21(15)9-10-5-7-11(17)8-6-10/h5-8H,4,9H2,1-3H3. The number of imidazole rings is 1. The van der Waals surface area contributed by atoms with E-state index in [-0.39, 0.29) is 11.4 Å². The Morgan fingerprint density at radius 3 is 2.42 bits per heavy atom. The van der Waals surface area contributed by atoms with Crippen molar-refractivity contribution in [2.24, 2.45) is 14.1 Å². The van der Waals surface area contributed by atoms with Gasteiger partial charge in [0.2, 0.25) is 0 Å². The van der Waals surface area contributed by atoms with E-state index in [2.05, 4.69) is 4.98 Å². The third-order valence-electron chi connectivity index (χ3n) is 3.84. The fourth-order valence-electron chi connectivity index (χ4n) is 2.58. The smallest absolute Gasteiger partial charge is 0.309 e. The molecule has 0 amide bonds. The minimum Gasteiger partial charge on any atom is -0.309 e. The predicted octanol–water partition coefficient (Wildman–Crippen LogP) is 1.73. The summed E-state index contributed by atoms with van der Waals surface area (Å²) in [7, 11) is 3.05. The third kappa shape index (κ3) is 2.66. The maximum Gasteiger partial charge on any atom is 0.332 e. The second-order valence-electron chi connectivity index (χ2n) is 5.42. The molecule has 0 atom stereocenters. The molecule has 0 N–H and O–H groups in total. The first kappa shape index (κ1) is 16.5. The van der Waals surface area contributed by atoms with Gasteiger partial charge >= 0.3 is 5.69 Å². The van der Waals surface area contributed by atoms with Crippen molar-refractivity contribution in [2.45, 2.75) is 18.6 Å². The zero-order chi connectivity index (χ0) is 17.4. The zero-order valence-electron chi connectivity index (χ0n) is 13.6. The quantitative estimate of drug-likeness (QED) is 0.674. The minimum absolute atomic E-state index is 0.310. The highest BCUT2D eigenvalue weighted by atomic mass is 32.2. The summed E-state index contributed by atoms with van der Waals surface area (Å²) in [5.74, 6) is 0.469. The molecule has 0 aliphatic carbocycles. The molecule has 0 spiro atoms. The minimum atomic E-state index is -0.410. The van der Waals surface area contributed by atoms with E-state index in [1.54, 1.807) is 23.7 Å². The Morgan fingerprint density at radius 1 is 1.12 bits per heavy atom. The van der Waals surface area contributed by atoms with Gasteiger partial charge in [0.05, 0.1) is 6.54 Å². The predicted molar refractivity (Wildman–Crippen MR) is 92.1 cm³/mol. The van der Waals surface area contributed by atoms with Crippen molar-refractivity contribution < 1.29 is 4.39 Å². The molecule has 2 heterocycles. The van der Waals surface area contributed by atoms with Gasteiger partial charge in [0, 0.05) is 14.1 Å². The number of thioether (sulfide) groups is 1. The van der Waals surface area contributed by atoms with E-state index < -0.39 is 5.69 Å². The van der Waals surface area contributed by atoms with Crippen molar-refractivity contribution in [3.8, 4) is 0 Å². The van der Waals surface area contributed by atoms with E-state index in [0.717, 1.165) is 15.9 Å². The highest BCUT2D eigenvalue weighted by Crippen LogP contribution is 2.22. The number of rotatable bonds is 4. The van der Waals surface area contributed by atoms with E-state index in [0.29, 0.717) is 22.9 Å². The Balaban J connectivity index is 2.28. The number of fused-ring (bicyclic) bond motifs is 1. The van der Waals surface area contributed by atoms with E-state index >= 15 is 0 Å². The number of hydrogen-bond donors (Lipinski definition) is 0. The lowest BCUT2D eigenvalue weighted by Crippen LogP contribution is -2.37. The topological polar surface area (TPSA) is 61.8 Å². The molecule has 24 heavy (non-hydrogen) atoms. The van der Waals surface area contributed by atoms with Gasteiger partial charge in [-0.1, -0.05) is 30.8 Å². The molecule has 0 fully saturated rings. The van der Waals surface area contributed by atoms with E-state index in [4.69, 9.17) is 0 Å². The summed E-state index contributed by atoms with van der Waals surface area (Å²) in [6, 6.07) is 6.12. The largest absolute Gasteiger partial charge is 0.332 e. The normalized spacial score (nSPS) is 11.3. The van der Waals surface area contributed by atoms with Crippen LogP contribution < -0.4 is 11.2 Å². The van der Waals surface area contributed by atoms with E-state index in [9.17, 15) is 14.0 Å². The molecule has 126 valence electrons. The first-order valence-electron chi connectivity index (χ1n) is 7.47. The van der Waals surface area contributed by atoms with Crippen molar-refractivity contribution in [2.75, 3.05) is 5.75 Å². The van der Waals surface area contributed by atoms with Crippen molar-refractivity contribution in [1.82, 2.24) is 18.7 Å². The first-order chi connectivity index (χ1) is 11.4. The number of nitrogens with zero attached hydrogens (tertiary/aromatic N) is 4. The highest BCUT2D eigenvalue weighted by molar-refractivity contribution is 7.99. The van der Waals surface area contributed by atoms with Crippen LogP contribution in [0.3, 0.4) is 0 Å². The van der Waals surface area contributed by atoms with E-state index in [1.807, 2.05) is 6.92 Å². The number of halogens is 1. The molecule has 0 saturated heterocycles. The van der Waals surface area contributed by atoms with Crippen molar-refractivity contribution in [1.29, 1.82) is 0 Å². The number of hydrogen-bond acceptors (Lipinski definition) is 4. The van der Waals surface area contributed by atoms with Crippen LogP contribution in [0.5, 0.6) is 0 Å². The van der Waals surface area contributed by atoms with Gasteiger partial charge < -0.3 is 4.57 Å². The molecule has 0 aliphatic heterocycles. The van der Waals surface area contributed by atoms with Gasteiger partial charge in [-0.05, 0) is 23.4 Å². The van der Waals surface area contributed by atoms with Crippen LogP contribution in [-0.2, 0) is 20.6 Å². The summed E-state index contributed by atoms with van der Waals surface area (Å²) in [5.41, 5.74) is 0.795. The maximum atomic E-state index is 13.1. The lowest BCUT2D eigenvalue weighted by Gasteiger charge is -2.09.